The molecule has 2 nitrogen and oxygen atoms in total. The van der Waals surface area contributed by atoms with Gasteiger partial charge in [0.25, 0.3) is 0 Å². The molecule has 0 unspecified atom stereocenters. The molecule has 4 heteroatoms. The molecule has 0 saturated carbocycles. The summed E-state index contributed by atoms with van der Waals surface area (Å²) in [6.45, 7) is 4.01. The molecule has 0 fully saturated rings. The Balaban J connectivity index is 2.40. The lowest BCUT2D eigenvalue weighted by atomic mass is 10.1. The van der Waals surface area contributed by atoms with E-state index in [0.29, 0.717) is 5.02 Å². The van der Waals surface area contributed by atoms with Crippen molar-refractivity contribution < 1.29 is 0 Å². The number of benzene rings is 2. The molecule has 0 aliphatic carbocycles. The lowest BCUT2D eigenvalue weighted by Crippen LogP contribution is -1.96. The third kappa shape index (κ3) is 2.79. The number of nitrogens with two attached hydrogens (primary N) is 1. The first-order valence-corrected chi connectivity index (χ1v) is 6.73. The zero-order valence-corrected chi connectivity index (χ0v) is 12.6. The van der Waals surface area contributed by atoms with Crippen molar-refractivity contribution in [1.29, 1.82) is 0 Å². The Morgan fingerprint density at radius 2 is 1.83 bits per heavy atom. The van der Waals surface area contributed by atoms with Crippen LogP contribution in [0.15, 0.2) is 34.8 Å². The average Bonchev–Trinajstić information content (AvgIpc) is 2.30. The third-order valence-electron chi connectivity index (χ3n) is 2.75. The van der Waals surface area contributed by atoms with E-state index in [2.05, 4.69) is 21.2 Å². The third-order valence-corrected chi connectivity index (χ3v) is 3.73. The van der Waals surface area contributed by atoms with Gasteiger partial charge in [0, 0.05) is 10.2 Å². The summed E-state index contributed by atoms with van der Waals surface area (Å²) in [5.41, 5.74) is 10.7. The first-order valence-electron chi connectivity index (χ1n) is 5.56. The quantitative estimate of drug-likeness (QED) is 0.759. The summed E-state index contributed by atoms with van der Waals surface area (Å²) in [6.07, 6.45) is 0. The molecule has 0 atom stereocenters. The summed E-state index contributed by atoms with van der Waals surface area (Å²) >= 11 is 9.66. The van der Waals surface area contributed by atoms with Crippen LogP contribution >= 0.6 is 27.5 Å². The monoisotopic (exact) mass is 324 g/mol. The summed E-state index contributed by atoms with van der Waals surface area (Å²) in [5, 5.41) is 4.01. The molecule has 0 spiro atoms. The standard InChI is InChI=1S/C14H14BrClN2/c1-8-3-4-11(16)14(5-8)18-13-6-9(2)12(17)7-10(13)15/h3-7,18H,17H2,1-2H3. The van der Waals surface area contributed by atoms with Crippen molar-refractivity contribution in [3.05, 3.63) is 51.0 Å². The topological polar surface area (TPSA) is 38.0 Å². The second-order valence-electron chi connectivity index (χ2n) is 4.30. The van der Waals surface area contributed by atoms with Crippen molar-refractivity contribution in [2.24, 2.45) is 0 Å². The first-order chi connectivity index (χ1) is 8.47. The molecule has 0 amide bonds. The molecule has 2 aromatic carbocycles. The van der Waals surface area contributed by atoms with Gasteiger partial charge >= 0.3 is 0 Å². The maximum absolute atomic E-state index is 6.17. The van der Waals surface area contributed by atoms with E-state index >= 15 is 0 Å². The van der Waals surface area contributed by atoms with E-state index < -0.39 is 0 Å². The van der Waals surface area contributed by atoms with Crippen LogP contribution in [0.5, 0.6) is 0 Å². The highest BCUT2D eigenvalue weighted by atomic mass is 79.9. The van der Waals surface area contributed by atoms with Gasteiger partial charge in [0.05, 0.1) is 16.4 Å². The zero-order chi connectivity index (χ0) is 13.3. The van der Waals surface area contributed by atoms with Crippen LogP contribution in [0.4, 0.5) is 17.1 Å². The highest BCUT2D eigenvalue weighted by Gasteiger charge is 2.06. The first kappa shape index (κ1) is 13.2. The number of halogens is 2. The van der Waals surface area contributed by atoms with Crippen LogP contribution in [0.1, 0.15) is 11.1 Å². The van der Waals surface area contributed by atoms with Gasteiger partial charge in [-0.3, -0.25) is 0 Å². The van der Waals surface area contributed by atoms with Crippen molar-refractivity contribution in [2.45, 2.75) is 13.8 Å². The largest absolute Gasteiger partial charge is 0.398 e. The van der Waals surface area contributed by atoms with Crippen LogP contribution in [0.3, 0.4) is 0 Å². The minimum atomic E-state index is 0.696. The number of nitrogen functional groups attached to an aromatic ring is 1. The summed E-state index contributed by atoms with van der Waals surface area (Å²) in [4.78, 5) is 0. The van der Waals surface area contributed by atoms with Gasteiger partial charge in [-0.25, -0.2) is 0 Å². The van der Waals surface area contributed by atoms with Gasteiger partial charge in [-0.1, -0.05) is 17.7 Å². The van der Waals surface area contributed by atoms with Crippen LogP contribution in [0, 0.1) is 13.8 Å². The molecular formula is C14H14BrClN2. The van der Waals surface area contributed by atoms with Crippen molar-refractivity contribution in [1.82, 2.24) is 0 Å². The van der Waals surface area contributed by atoms with E-state index in [-0.39, 0.29) is 0 Å². The Kier molecular flexibility index (Phi) is 3.83. The summed E-state index contributed by atoms with van der Waals surface area (Å²) in [5.74, 6) is 0. The fourth-order valence-corrected chi connectivity index (χ4v) is 2.30. The van der Waals surface area contributed by atoms with Gasteiger partial charge in [0.15, 0.2) is 0 Å². The van der Waals surface area contributed by atoms with Crippen LogP contribution in [-0.2, 0) is 0 Å². The van der Waals surface area contributed by atoms with Crippen molar-refractivity contribution >= 4 is 44.6 Å². The Hall–Kier alpha value is -1.19. The highest BCUT2D eigenvalue weighted by Crippen LogP contribution is 2.33. The molecule has 0 aromatic heterocycles. The highest BCUT2D eigenvalue weighted by molar-refractivity contribution is 9.10. The number of rotatable bonds is 2. The normalized spacial score (nSPS) is 10.4. The Morgan fingerprint density at radius 3 is 2.56 bits per heavy atom. The zero-order valence-electron chi connectivity index (χ0n) is 10.2. The Morgan fingerprint density at radius 1 is 1.11 bits per heavy atom. The Labute approximate surface area is 120 Å². The number of hydrogen-bond donors (Lipinski definition) is 2. The van der Waals surface area contributed by atoms with Gasteiger partial charge in [-0.2, -0.15) is 0 Å². The molecule has 94 valence electrons. The SMILES string of the molecule is Cc1ccc(Cl)c(Nc2cc(C)c(N)cc2Br)c1. The van der Waals surface area contributed by atoms with Gasteiger partial charge in [0.2, 0.25) is 0 Å². The summed E-state index contributed by atoms with van der Waals surface area (Å²) in [7, 11) is 0. The van der Waals surface area contributed by atoms with Crippen LogP contribution < -0.4 is 11.1 Å². The molecular weight excluding hydrogens is 312 g/mol. The predicted octanol–water partition coefficient (Wildman–Crippen LogP) is 5.05. The second-order valence-corrected chi connectivity index (χ2v) is 5.56. The van der Waals surface area contributed by atoms with E-state index in [1.807, 2.05) is 44.2 Å². The molecule has 0 radical (unpaired) electrons. The number of nitrogens with one attached hydrogen (secondary N) is 1. The number of anilines is 3. The van der Waals surface area contributed by atoms with Gasteiger partial charge < -0.3 is 11.1 Å². The molecule has 0 saturated heterocycles. The molecule has 2 aromatic rings. The molecule has 3 N–H and O–H groups in total. The molecule has 0 heterocycles. The maximum Gasteiger partial charge on any atom is 0.0641 e. The van der Waals surface area contributed by atoms with Crippen molar-refractivity contribution in [2.75, 3.05) is 11.1 Å². The maximum atomic E-state index is 6.17. The average molecular weight is 326 g/mol. The van der Waals surface area contributed by atoms with Gasteiger partial charge in [0.1, 0.15) is 0 Å². The molecule has 18 heavy (non-hydrogen) atoms. The van der Waals surface area contributed by atoms with Gasteiger partial charge in [-0.15, -0.1) is 0 Å². The van der Waals surface area contributed by atoms with Crippen LogP contribution in [-0.4, -0.2) is 0 Å². The lowest BCUT2D eigenvalue weighted by molar-refractivity contribution is 1.41. The predicted molar refractivity (Wildman–Crippen MR) is 82.8 cm³/mol. The minimum absolute atomic E-state index is 0.696. The minimum Gasteiger partial charge on any atom is -0.398 e. The Bertz CT molecular complexity index is 597. The fourth-order valence-electron chi connectivity index (χ4n) is 1.67. The van der Waals surface area contributed by atoms with E-state index in [1.165, 1.54) is 0 Å². The molecule has 2 rings (SSSR count). The summed E-state index contributed by atoms with van der Waals surface area (Å²) in [6, 6.07) is 9.77. The number of aryl methyl sites for hydroxylation is 2. The summed E-state index contributed by atoms with van der Waals surface area (Å²) < 4.78 is 0.920. The fraction of sp³-hybridized carbons (Fsp3) is 0.143. The van der Waals surface area contributed by atoms with E-state index in [4.69, 9.17) is 17.3 Å². The van der Waals surface area contributed by atoms with Crippen molar-refractivity contribution in [3.63, 3.8) is 0 Å². The molecule has 0 aliphatic heterocycles. The van der Waals surface area contributed by atoms with E-state index in [9.17, 15) is 0 Å². The molecule has 0 bridgehead atoms. The van der Waals surface area contributed by atoms with Crippen molar-refractivity contribution in [3.8, 4) is 0 Å². The second kappa shape index (κ2) is 5.21. The van der Waals surface area contributed by atoms with Crippen LogP contribution in [0.2, 0.25) is 5.02 Å². The van der Waals surface area contributed by atoms with E-state index in [1.54, 1.807) is 0 Å². The lowest BCUT2D eigenvalue weighted by Gasteiger charge is -2.13. The smallest absolute Gasteiger partial charge is 0.0641 e. The number of hydrogen-bond acceptors (Lipinski definition) is 2. The van der Waals surface area contributed by atoms with Crippen LogP contribution in [0.25, 0.3) is 0 Å². The van der Waals surface area contributed by atoms with Gasteiger partial charge in [-0.05, 0) is 65.2 Å². The molecule has 0 aliphatic rings. The van der Waals surface area contributed by atoms with E-state index in [0.717, 1.165) is 32.7 Å².